The number of ether oxygens (including phenoxy) is 1. The molecule has 0 aliphatic carbocycles. The van der Waals surface area contributed by atoms with Crippen molar-refractivity contribution in [3.63, 3.8) is 0 Å². The molecule has 0 aromatic rings. The summed E-state index contributed by atoms with van der Waals surface area (Å²) in [4.78, 5) is 24.4. The number of carbonyl (C=O) groups excluding carboxylic acids is 2. The van der Waals surface area contributed by atoms with Crippen LogP contribution in [0.15, 0.2) is 12.2 Å². The van der Waals surface area contributed by atoms with Crippen molar-refractivity contribution < 1.29 is 24.5 Å². The summed E-state index contributed by atoms with van der Waals surface area (Å²) in [5.74, 6) is -0.108. The third-order valence-electron chi connectivity index (χ3n) is 11.6. The first-order valence-electron chi connectivity index (χ1n) is 25.0. The number of rotatable bonds is 46. The van der Waals surface area contributed by atoms with Crippen LogP contribution in [0.25, 0.3) is 0 Å². The van der Waals surface area contributed by atoms with E-state index in [0.29, 0.717) is 19.4 Å². The van der Waals surface area contributed by atoms with E-state index in [2.05, 4.69) is 19.2 Å². The zero-order valence-electron chi connectivity index (χ0n) is 37.6. The maximum Gasteiger partial charge on any atom is 0.305 e. The summed E-state index contributed by atoms with van der Waals surface area (Å²) < 4.78 is 5.46. The summed E-state index contributed by atoms with van der Waals surface area (Å²) in [5.41, 5.74) is 0. The Morgan fingerprint density at radius 2 is 0.821 bits per heavy atom. The van der Waals surface area contributed by atoms with Gasteiger partial charge >= 0.3 is 5.97 Å². The van der Waals surface area contributed by atoms with E-state index in [-0.39, 0.29) is 18.5 Å². The highest BCUT2D eigenvalue weighted by atomic mass is 16.5. The standard InChI is InChI=1S/C50H97NO5/c1-3-5-7-9-11-13-15-17-18-19-20-21-23-28-32-36-40-44-50(55)56-45-41-37-33-29-25-24-27-31-35-39-43-49(54)51-47(46-52)48(53)42-38-34-30-26-22-16-14-12-10-8-6-4-2/h38,42,47-48,52-53H,3-37,39-41,43-46H2,1-2H3,(H,51,54)/b42-38+. The lowest BCUT2D eigenvalue weighted by atomic mass is 10.0. The molecule has 0 aromatic carbocycles. The largest absolute Gasteiger partial charge is 0.466 e. The zero-order valence-corrected chi connectivity index (χ0v) is 37.6. The fourth-order valence-corrected chi connectivity index (χ4v) is 7.69. The van der Waals surface area contributed by atoms with Crippen molar-refractivity contribution in [3.05, 3.63) is 12.2 Å². The Balaban J connectivity index is 3.47. The molecule has 0 aliphatic heterocycles. The normalized spacial score (nSPS) is 12.7. The molecule has 6 heteroatoms. The minimum absolute atomic E-state index is 0.0172. The lowest BCUT2D eigenvalue weighted by Crippen LogP contribution is -2.45. The summed E-state index contributed by atoms with van der Waals surface area (Å²) >= 11 is 0. The molecule has 0 bridgehead atoms. The topological polar surface area (TPSA) is 95.9 Å². The van der Waals surface area contributed by atoms with Gasteiger partial charge in [-0.1, -0.05) is 238 Å². The molecular formula is C50H97NO5. The second-order valence-electron chi connectivity index (χ2n) is 17.2. The Bertz CT molecular complexity index is 832. The fourth-order valence-electron chi connectivity index (χ4n) is 7.69. The van der Waals surface area contributed by atoms with Crippen LogP contribution in [0, 0.1) is 0 Å². The summed E-state index contributed by atoms with van der Waals surface area (Å²) in [5, 5.41) is 23.0. The number of carbonyl (C=O) groups is 2. The van der Waals surface area contributed by atoms with Gasteiger partial charge in [-0.2, -0.15) is 0 Å². The van der Waals surface area contributed by atoms with Crippen molar-refractivity contribution in [3.8, 4) is 0 Å². The molecule has 0 rings (SSSR count). The molecule has 6 nitrogen and oxygen atoms in total. The van der Waals surface area contributed by atoms with Crippen LogP contribution in [-0.2, 0) is 14.3 Å². The van der Waals surface area contributed by atoms with E-state index in [4.69, 9.17) is 4.74 Å². The molecule has 2 unspecified atom stereocenters. The SMILES string of the molecule is CCCCCCCCCCCC/C=C/C(O)C(CO)NC(=O)CCCCCCCCCCCCOC(=O)CCCCCCCCCCCCCCCCCCC. The minimum Gasteiger partial charge on any atom is -0.466 e. The van der Waals surface area contributed by atoms with Crippen LogP contribution in [0.2, 0.25) is 0 Å². The smallest absolute Gasteiger partial charge is 0.305 e. The van der Waals surface area contributed by atoms with Crippen LogP contribution in [0.5, 0.6) is 0 Å². The molecule has 0 spiro atoms. The lowest BCUT2D eigenvalue weighted by Gasteiger charge is -2.20. The minimum atomic E-state index is -0.856. The first-order chi connectivity index (χ1) is 27.5. The highest BCUT2D eigenvalue weighted by Crippen LogP contribution is 2.16. The molecule has 0 saturated carbocycles. The number of amides is 1. The zero-order chi connectivity index (χ0) is 40.8. The maximum absolute atomic E-state index is 12.4. The number of aliphatic hydroxyl groups excluding tert-OH is 2. The monoisotopic (exact) mass is 792 g/mol. The number of aliphatic hydroxyl groups is 2. The number of unbranched alkanes of at least 4 members (excludes halogenated alkanes) is 35. The summed E-state index contributed by atoms with van der Waals surface area (Å²) in [6.45, 7) is 4.85. The summed E-state index contributed by atoms with van der Waals surface area (Å²) in [7, 11) is 0. The molecule has 1 amide bonds. The molecule has 0 fully saturated rings. The van der Waals surface area contributed by atoms with Gasteiger partial charge in [0.15, 0.2) is 0 Å². The summed E-state index contributed by atoms with van der Waals surface area (Å²) in [6, 6.07) is -0.642. The number of hydrogen-bond donors (Lipinski definition) is 3. The highest BCUT2D eigenvalue weighted by molar-refractivity contribution is 5.76. The summed E-state index contributed by atoms with van der Waals surface area (Å²) in [6.07, 6.45) is 52.0. The third-order valence-corrected chi connectivity index (χ3v) is 11.6. The Kier molecular flexibility index (Phi) is 45.1. The molecular weight excluding hydrogens is 695 g/mol. The highest BCUT2D eigenvalue weighted by Gasteiger charge is 2.18. The molecule has 56 heavy (non-hydrogen) atoms. The van der Waals surface area contributed by atoms with Crippen molar-refractivity contribution in [1.82, 2.24) is 5.32 Å². The van der Waals surface area contributed by atoms with E-state index in [1.807, 2.05) is 6.08 Å². The van der Waals surface area contributed by atoms with Gasteiger partial charge in [-0.25, -0.2) is 0 Å². The predicted molar refractivity (Wildman–Crippen MR) is 241 cm³/mol. The second kappa shape index (κ2) is 46.3. The molecule has 2 atom stereocenters. The first kappa shape index (κ1) is 54.6. The van der Waals surface area contributed by atoms with Gasteiger partial charge in [0, 0.05) is 12.8 Å². The Labute approximate surface area is 349 Å². The Morgan fingerprint density at radius 1 is 0.482 bits per heavy atom. The van der Waals surface area contributed by atoms with E-state index in [9.17, 15) is 19.8 Å². The number of allylic oxidation sites excluding steroid dienone is 1. The number of esters is 1. The van der Waals surface area contributed by atoms with Crippen LogP contribution < -0.4 is 5.32 Å². The Morgan fingerprint density at radius 3 is 1.21 bits per heavy atom. The van der Waals surface area contributed by atoms with Gasteiger partial charge in [-0.15, -0.1) is 0 Å². The molecule has 332 valence electrons. The second-order valence-corrected chi connectivity index (χ2v) is 17.2. The van der Waals surface area contributed by atoms with Gasteiger partial charge in [-0.05, 0) is 32.1 Å². The van der Waals surface area contributed by atoms with E-state index < -0.39 is 12.1 Å². The molecule has 0 aromatic heterocycles. The van der Waals surface area contributed by atoms with Crippen LogP contribution in [0.1, 0.15) is 271 Å². The van der Waals surface area contributed by atoms with Crippen LogP contribution in [0.4, 0.5) is 0 Å². The van der Waals surface area contributed by atoms with Gasteiger partial charge in [-0.3, -0.25) is 9.59 Å². The maximum atomic E-state index is 12.4. The number of nitrogens with one attached hydrogen (secondary N) is 1. The third kappa shape index (κ3) is 42.2. The van der Waals surface area contributed by atoms with Crippen molar-refractivity contribution in [2.45, 2.75) is 283 Å². The predicted octanol–water partition coefficient (Wildman–Crippen LogP) is 14.6. The van der Waals surface area contributed by atoms with Crippen LogP contribution in [-0.4, -0.2) is 47.4 Å². The molecule has 0 radical (unpaired) electrons. The van der Waals surface area contributed by atoms with Crippen molar-refractivity contribution in [1.29, 1.82) is 0 Å². The average Bonchev–Trinajstić information content (AvgIpc) is 3.20. The van der Waals surface area contributed by atoms with Crippen molar-refractivity contribution in [2.75, 3.05) is 13.2 Å². The van der Waals surface area contributed by atoms with E-state index in [0.717, 1.165) is 57.8 Å². The molecule has 3 N–H and O–H groups in total. The molecule has 0 heterocycles. The van der Waals surface area contributed by atoms with Gasteiger partial charge in [0.2, 0.25) is 5.91 Å². The first-order valence-corrected chi connectivity index (χ1v) is 25.0. The van der Waals surface area contributed by atoms with Crippen LogP contribution in [0.3, 0.4) is 0 Å². The molecule has 0 aliphatic rings. The van der Waals surface area contributed by atoms with E-state index in [1.54, 1.807) is 6.08 Å². The van der Waals surface area contributed by atoms with Crippen molar-refractivity contribution in [2.24, 2.45) is 0 Å². The van der Waals surface area contributed by atoms with Gasteiger partial charge < -0.3 is 20.3 Å². The average molecular weight is 792 g/mol. The molecule has 0 saturated heterocycles. The van der Waals surface area contributed by atoms with E-state index in [1.165, 1.54) is 186 Å². The van der Waals surface area contributed by atoms with Gasteiger partial charge in [0.05, 0.1) is 25.4 Å². The quantitative estimate of drug-likeness (QED) is 0.0324. The van der Waals surface area contributed by atoms with Crippen molar-refractivity contribution >= 4 is 11.9 Å². The Hall–Kier alpha value is -1.40. The van der Waals surface area contributed by atoms with Gasteiger partial charge in [0.1, 0.15) is 0 Å². The van der Waals surface area contributed by atoms with Gasteiger partial charge in [0.25, 0.3) is 0 Å². The van der Waals surface area contributed by atoms with Crippen LogP contribution >= 0.6 is 0 Å². The fraction of sp³-hybridized carbons (Fsp3) is 0.920. The number of hydrogen-bond acceptors (Lipinski definition) is 5. The lowest BCUT2D eigenvalue weighted by molar-refractivity contribution is -0.143. The van der Waals surface area contributed by atoms with E-state index >= 15 is 0 Å².